The van der Waals surface area contributed by atoms with Crippen LogP contribution in [0.4, 0.5) is 5.82 Å². The third kappa shape index (κ3) is 2.31. The molecule has 0 saturated carbocycles. The Hall–Kier alpha value is -0.910. The van der Waals surface area contributed by atoms with E-state index in [0.29, 0.717) is 6.04 Å². The van der Waals surface area contributed by atoms with Crippen molar-refractivity contribution in [2.75, 3.05) is 5.32 Å². The van der Waals surface area contributed by atoms with E-state index in [4.69, 9.17) is 11.6 Å². The third-order valence-electron chi connectivity index (χ3n) is 2.04. The van der Waals surface area contributed by atoms with E-state index >= 15 is 0 Å². The van der Waals surface area contributed by atoms with Crippen LogP contribution >= 0.6 is 11.6 Å². The van der Waals surface area contributed by atoms with Crippen LogP contribution in [0.15, 0.2) is 12.3 Å². The van der Waals surface area contributed by atoms with Crippen molar-refractivity contribution < 1.29 is 0 Å². The first-order chi connectivity index (χ1) is 6.74. The molecule has 1 aromatic heterocycles. The number of hydrogen-bond acceptors (Lipinski definition) is 5. The molecule has 0 bridgehead atoms. The maximum atomic E-state index is 5.66. The summed E-state index contributed by atoms with van der Waals surface area (Å²) in [7, 11) is 0. The van der Waals surface area contributed by atoms with Crippen LogP contribution < -0.4 is 16.2 Å². The fourth-order valence-electron chi connectivity index (χ4n) is 1.40. The Balaban J connectivity index is 1.97. The zero-order valence-electron chi connectivity index (χ0n) is 7.79. The molecule has 0 aliphatic carbocycles. The highest BCUT2D eigenvalue weighted by Gasteiger charge is 2.19. The Kier molecular flexibility index (Phi) is 2.81. The molecule has 6 heteroatoms. The quantitative estimate of drug-likeness (QED) is 0.633. The highest BCUT2D eigenvalue weighted by atomic mass is 35.5. The van der Waals surface area contributed by atoms with Crippen molar-refractivity contribution in [3.05, 3.63) is 17.5 Å². The van der Waals surface area contributed by atoms with E-state index in [1.165, 1.54) is 0 Å². The molecule has 3 N–H and O–H groups in total. The number of anilines is 1. The van der Waals surface area contributed by atoms with Crippen LogP contribution in [0.2, 0.25) is 5.28 Å². The van der Waals surface area contributed by atoms with Gasteiger partial charge in [-0.1, -0.05) is 0 Å². The van der Waals surface area contributed by atoms with E-state index < -0.39 is 0 Å². The van der Waals surface area contributed by atoms with Crippen LogP contribution in [-0.2, 0) is 0 Å². The summed E-state index contributed by atoms with van der Waals surface area (Å²) in [6, 6.07) is 2.25. The Morgan fingerprint density at radius 3 is 3.07 bits per heavy atom. The van der Waals surface area contributed by atoms with Gasteiger partial charge in [0, 0.05) is 12.2 Å². The molecule has 76 valence electrons. The number of nitrogens with zero attached hydrogens (tertiary/aromatic N) is 2. The topological polar surface area (TPSA) is 61.9 Å². The SMILES string of the molecule is CC1CC(Nc2ccnc(Cl)n2)NN1. The Labute approximate surface area is 87.2 Å². The van der Waals surface area contributed by atoms with Crippen LogP contribution in [0.3, 0.4) is 0 Å². The van der Waals surface area contributed by atoms with Gasteiger partial charge < -0.3 is 5.32 Å². The van der Waals surface area contributed by atoms with E-state index in [2.05, 4.69) is 33.1 Å². The molecule has 2 rings (SSSR count). The first-order valence-electron chi connectivity index (χ1n) is 4.50. The molecule has 0 radical (unpaired) electrons. The lowest BCUT2D eigenvalue weighted by Crippen LogP contribution is -2.36. The molecular formula is C8H12ClN5. The summed E-state index contributed by atoms with van der Waals surface area (Å²) in [6.07, 6.45) is 2.82. The van der Waals surface area contributed by atoms with E-state index in [0.717, 1.165) is 12.2 Å². The average Bonchev–Trinajstić information content (AvgIpc) is 2.51. The number of hydrazine groups is 1. The first-order valence-corrected chi connectivity index (χ1v) is 4.88. The molecule has 1 aromatic rings. The number of aromatic nitrogens is 2. The molecule has 0 aromatic carbocycles. The Morgan fingerprint density at radius 1 is 1.57 bits per heavy atom. The molecular weight excluding hydrogens is 202 g/mol. The second kappa shape index (κ2) is 4.08. The number of halogens is 1. The maximum absolute atomic E-state index is 5.66. The third-order valence-corrected chi connectivity index (χ3v) is 2.22. The molecule has 2 unspecified atom stereocenters. The van der Waals surface area contributed by atoms with Gasteiger partial charge in [-0.3, -0.25) is 5.43 Å². The summed E-state index contributed by atoms with van der Waals surface area (Å²) in [5.74, 6) is 0.735. The van der Waals surface area contributed by atoms with Crippen molar-refractivity contribution in [3.8, 4) is 0 Å². The second-order valence-corrected chi connectivity index (χ2v) is 3.67. The minimum absolute atomic E-state index is 0.191. The summed E-state index contributed by atoms with van der Waals surface area (Å²) in [5, 5.41) is 3.46. The molecule has 0 amide bonds. The largest absolute Gasteiger partial charge is 0.353 e. The van der Waals surface area contributed by atoms with Gasteiger partial charge in [0.2, 0.25) is 5.28 Å². The predicted octanol–water partition coefficient (Wildman–Crippen LogP) is 0.754. The van der Waals surface area contributed by atoms with E-state index in [1.807, 2.05) is 0 Å². The molecule has 1 fully saturated rings. The van der Waals surface area contributed by atoms with Gasteiger partial charge >= 0.3 is 0 Å². The summed E-state index contributed by atoms with van der Waals surface area (Å²) in [5.41, 5.74) is 6.23. The van der Waals surface area contributed by atoms with Crippen molar-refractivity contribution in [1.29, 1.82) is 0 Å². The zero-order chi connectivity index (χ0) is 9.97. The molecule has 2 atom stereocenters. The lowest BCUT2D eigenvalue weighted by molar-refractivity contribution is 0.571. The number of hydrogen-bond donors (Lipinski definition) is 3. The normalized spacial score (nSPS) is 26.4. The fraction of sp³-hybridized carbons (Fsp3) is 0.500. The standard InChI is InChI=1S/C8H12ClN5/c1-5-4-7(14-13-5)11-6-2-3-10-8(9)12-6/h2-3,5,7,13-14H,4H2,1H3,(H,10,11,12). The van der Waals surface area contributed by atoms with Crippen molar-refractivity contribution in [2.24, 2.45) is 0 Å². The summed E-state index contributed by atoms with van der Waals surface area (Å²) in [4.78, 5) is 7.84. The van der Waals surface area contributed by atoms with Crippen molar-refractivity contribution >= 4 is 17.4 Å². The average molecular weight is 214 g/mol. The van der Waals surface area contributed by atoms with Crippen LogP contribution in [0.25, 0.3) is 0 Å². The van der Waals surface area contributed by atoms with Gasteiger partial charge in [0.15, 0.2) is 0 Å². The zero-order valence-corrected chi connectivity index (χ0v) is 8.54. The lowest BCUT2D eigenvalue weighted by Gasteiger charge is -2.11. The van der Waals surface area contributed by atoms with Gasteiger partial charge in [0.1, 0.15) is 5.82 Å². The number of nitrogens with one attached hydrogen (secondary N) is 3. The van der Waals surface area contributed by atoms with Gasteiger partial charge in [0.05, 0.1) is 6.17 Å². The van der Waals surface area contributed by atoms with Gasteiger partial charge in [-0.05, 0) is 31.0 Å². The van der Waals surface area contributed by atoms with Gasteiger partial charge in [0.25, 0.3) is 0 Å². The van der Waals surface area contributed by atoms with Crippen LogP contribution in [0.5, 0.6) is 0 Å². The molecule has 2 heterocycles. The molecule has 1 aliphatic rings. The lowest BCUT2D eigenvalue weighted by atomic mass is 10.2. The second-order valence-electron chi connectivity index (χ2n) is 3.33. The van der Waals surface area contributed by atoms with E-state index in [9.17, 15) is 0 Å². The number of rotatable bonds is 2. The highest BCUT2D eigenvalue weighted by Crippen LogP contribution is 2.10. The minimum Gasteiger partial charge on any atom is -0.353 e. The van der Waals surface area contributed by atoms with Gasteiger partial charge in [-0.2, -0.15) is 0 Å². The van der Waals surface area contributed by atoms with Crippen molar-refractivity contribution in [2.45, 2.75) is 25.6 Å². The van der Waals surface area contributed by atoms with Crippen LogP contribution in [-0.4, -0.2) is 22.2 Å². The summed E-state index contributed by atoms with van der Waals surface area (Å²) >= 11 is 5.66. The molecule has 1 saturated heterocycles. The fourth-order valence-corrected chi connectivity index (χ4v) is 1.55. The van der Waals surface area contributed by atoms with Crippen LogP contribution in [0, 0.1) is 0 Å². The molecule has 0 spiro atoms. The first kappa shape index (κ1) is 9.64. The summed E-state index contributed by atoms with van der Waals surface area (Å²) < 4.78 is 0. The predicted molar refractivity (Wildman–Crippen MR) is 54.8 cm³/mol. The molecule has 14 heavy (non-hydrogen) atoms. The maximum Gasteiger partial charge on any atom is 0.224 e. The molecule has 5 nitrogen and oxygen atoms in total. The van der Waals surface area contributed by atoms with E-state index in [1.54, 1.807) is 12.3 Å². The van der Waals surface area contributed by atoms with Crippen LogP contribution in [0.1, 0.15) is 13.3 Å². The Morgan fingerprint density at radius 2 is 2.43 bits per heavy atom. The monoisotopic (exact) mass is 213 g/mol. The van der Waals surface area contributed by atoms with E-state index in [-0.39, 0.29) is 11.4 Å². The molecule has 1 aliphatic heterocycles. The van der Waals surface area contributed by atoms with Crippen molar-refractivity contribution in [1.82, 2.24) is 20.8 Å². The summed E-state index contributed by atoms with van der Waals surface area (Å²) in [6.45, 7) is 2.11. The van der Waals surface area contributed by atoms with Crippen molar-refractivity contribution in [3.63, 3.8) is 0 Å². The minimum atomic E-state index is 0.191. The Bertz CT molecular complexity index is 318. The smallest absolute Gasteiger partial charge is 0.224 e. The van der Waals surface area contributed by atoms with Gasteiger partial charge in [-0.25, -0.2) is 15.4 Å². The van der Waals surface area contributed by atoms with Gasteiger partial charge in [-0.15, -0.1) is 0 Å². The highest BCUT2D eigenvalue weighted by molar-refractivity contribution is 6.28.